The molecule has 0 aromatic heterocycles. The Morgan fingerprint density at radius 1 is 1.24 bits per heavy atom. The molecule has 2 unspecified atom stereocenters. The Bertz CT molecular complexity index is 628. The Balaban J connectivity index is 3.26. The summed E-state index contributed by atoms with van der Waals surface area (Å²) in [6, 6.07) is 4.48. The first-order chi connectivity index (χ1) is 11.1. The predicted molar refractivity (Wildman–Crippen MR) is 103 cm³/mol. The SMILES string of the molecule is CC(C)(C)OC(=O)CC(C)(N[S+]([O-])C(C)(C)C)c1cc(Br)ccc1F. The van der Waals surface area contributed by atoms with Crippen LogP contribution in [0.3, 0.4) is 0 Å². The number of rotatable bonds is 5. The van der Waals surface area contributed by atoms with Crippen LogP contribution < -0.4 is 4.72 Å². The molecule has 25 heavy (non-hydrogen) atoms. The molecule has 0 aliphatic heterocycles. The highest BCUT2D eigenvalue weighted by Crippen LogP contribution is 2.33. The Morgan fingerprint density at radius 2 is 1.80 bits per heavy atom. The molecule has 0 bridgehead atoms. The van der Waals surface area contributed by atoms with E-state index in [1.165, 1.54) is 6.07 Å². The zero-order valence-electron chi connectivity index (χ0n) is 15.8. The molecule has 7 heteroatoms. The van der Waals surface area contributed by atoms with Gasteiger partial charge in [-0.05, 0) is 66.7 Å². The van der Waals surface area contributed by atoms with Crippen molar-refractivity contribution in [3.05, 3.63) is 34.1 Å². The summed E-state index contributed by atoms with van der Waals surface area (Å²) in [5.74, 6) is -0.972. The number of benzene rings is 1. The number of ether oxygens (including phenoxy) is 1. The molecular formula is C18H27BrFNO3S. The van der Waals surface area contributed by atoms with Crippen molar-refractivity contribution >= 4 is 33.3 Å². The van der Waals surface area contributed by atoms with E-state index < -0.39 is 39.0 Å². The Labute approximate surface area is 161 Å². The Hall–Kier alpha value is -0.630. The minimum atomic E-state index is -1.50. The van der Waals surface area contributed by atoms with E-state index in [9.17, 15) is 13.7 Å². The third-order valence-corrected chi connectivity index (χ3v) is 5.56. The molecule has 0 fully saturated rings. The summed E-state index contributed by atoms with van der Waals surface area (Å²) in [7, 11) is 0. The Kier molecular flexibility index (Phi) is 7.12. The normalized spacial score (nSPS) is 16.2. The largest absolute Gasteiger partial charge is 0.598 e. The maximum atomic E-state index is 14.5. The van der Waals surface area contributed by atoms with Crippen LogP contribution in [0.25, 0.3) is 0 Å². The van der Waals surface area contributed by atoms with Crippen molar-refractivity contribution in [2.24, 2.45) is 0 Å². The fourth-order valence-electron chi connectivity index (χ4n) is 2.13. The zero-order chi connectivity index (χ0) is 19.6. The van der Waals surface area contributed by atoms with Gasteiger partial charge in [0.05, 0.1) is 12.0 Å². The molecule has 0 heterocycles. The van der Waals surface area contributed by atoms with Gasteiger partial charge in [-0.1, -0.05) is 15.9 Å². The minimum Gasteiger partial charge on any atom is -0.598 e. The third kappa shape index (κ3) is 6.89. The lowest BCUT2D eigenvalue weighted by molar-refractivity contribution is -0.156. The van der Waals surface area contributed by atoms with Crippen LogP contribution in [0, 0.1) is 5.82 Å². The van der Waals surface area contributed by atoms with Gasteiger partial charge in [0.2, 0.25) is 0 Å². The number of nitrogens with one attached hydrogen (secondary N) is 1. The second-order valence-corrected chi connectivity index (χ2v) is 11.1. The van der Waals surface area contributed by atoms with Gasteiger partial charge in [0.25, 0.3) is 0 Å². The monoisotopic (exact) mass is 435 g/mol. The van der Waals surface area contributed by atoms with Crippen molar-refractivity contribution < 1.29 is 18.5 Å². The van der Waals surface area contributed by atoms with Gasteiger partial charge in [-0.25, -0.2) is 4.39 Å². The maximum absolute atomic E-state index is 14.5. The smallest absolute Gasteiger partial charge is 0.308 e. The van der Waals surface area contributed by atoms with Gasteiger partial charge >= 0.3 is 5.97 Å². The molecule has 0 aliphatic carbocycles. The molecule has 2 atom stereocenters. The van der Waals surface area contributed by atoms with Gasteiger partial charge in [0.1, 0.15) is 16.2 Å². The van der Waals surface area contributed by atoms with E-state index in [0.717, 1.165) is 0 Å². The summed E-state index contributed by atoms with van der Waals surface area (Å²) >= 11 is 1.82. The molecule has 1 N–H and O–H groups in total. The lowest BCUT2D eigenvalue weighted by Gasteiger charge is -2.35. The molecule has 0 amide bonds. The number of hydrogen-bond donors (Lipinski definition) is 1. The van der Waals surface area contributed by atoms with Gasteiger partial charge in [0.15, 0.2) is 0 Å². The predicted octanol–water partition coefficient (Wildman–Crippen LogP) is 4.59. The van der Waals surface area contributed by atoms with Crippen molar-refractivity contribution in [3.63, 3.8) is 0 Å². The molecular weight excluding hydrogens is 409 g/mol. The zero-order valence-corrected chi connectivity index (χ0v) is 18.2. The second-order valence-electron chi connectivity index (χ2n) is 8.20. The number of hydrogen-bond acceptors (Lipinski definition) is 4. The highest BCUT2D eigenvalue weighted by Gasteiger charge is 2.41. The molecule has 1 rings (SSSR count). The molecule has 1 aromatic rings. The molecule has 4 nitrogen and oxygen atoms in total. The number of esters is 1. The van der Waals surface area contributed by atoms with E-state index in [0.29, 0.717) is 4.47 Å². The average Bonchev–Trinajstić information content (AvgIpc) is 2.37. The van der Waals surface area contributed by atoms with Crippen LogP contribution in [0.5, 0.6) is 0 Å². The number of halogens is 2. The molecule has 0 saturated carbocycles. The van der Waals surface area contributed by atoms with Gasteiger partial charge < -0.3 is 9.29 Å². The summed E-state index contributed by atoms with van der Waals surface area (Å²) < 4.78 is 35.5. The summed E-state index contributed by atoms with van der Waals surface area (Å²) in [5, 5.41) is 0. The number of carbonyl (C=O) groups is 1. The van der Waals surface area contributed by atoms with Crippen LogP contribution in [0.4, 0.5) is 4.39 Å². The minimum absolute atomic E-state index is 0.153. The fraction of sp³-hybridized carbons (Fsp3) is 0.611. The lowest BCUT2D eigenvalue weighted by Crippen LogP contribution is -2.51. The van der Waals surface area contributed by atoms with Crippen LogP contribution in [-0.2, 0) is 26.4 Å². The fourth-order valence-corrected chi connectivity index (χ4v) is 3.39. The van der Waals surface area contributed by atoms with Crippen molar-refractivity contribution in [3.8, 4) is 0 Å². The maximum Gasteiger partial charge on any atom is 0.308 e. The standard InChI is InChI=1S/C18H27BrFNO3S/c1-16(2,3)24-15(22)11-18(7,21-25(23)17(4,5)6)13-10-12(19)8-9-14(13)20/h8-10,21H,11H2,1-7H3. The second kappa shape index (κ2) is 7.94. The summed E-state index contributed by atoms with van der Waals surface area (Å²) in [5.41, 5.74) is -1.59. The van der Waals surface area contributed by atoms with E-state index in [4.69, 9.17) is 4.74 Å². The molecule has 0 saturated heterocycles. The van der Waals surface area contributed by atoms with Gasteiger partial charge in [-0.2, -0.15) is 0 Å². The van der Waals surface area contributed by atoms with Gasteiger partial charge in [0, 0.05) is 21.4 Å². The first-order valence-corrected chi connectivity index (χ1v) is 9.95. The van der Waals surface area contributed by atoms with Crippen LogP contribution in [0.2, 0.25) is 0 Å². The molecule has 0 radical (unpaired) electrons. The van der Waals surface area contributed by atoms with Crippen LogP contribution in [0.15, 0.2) is 22.7 Å². The number of carbonyl (C=O) groups excluding carboxylic acids is 1. The van der Waals surface area contributed by atoms with E-state index >= 15 is 0 Å². The quantitative estimate of drug-likeness (QED) is 0.542. The Morgan fingerprint density at radius 3 is 2.28 bits per heavy atom. The van der Waals surface area contributed by atoms with E-state index in [-0.39, 0.29) is 12.0 Å². The molecule has 0 spiro atoms. The summed E-state index contributed by atoms with van der Waals surface area (Å²) in [6.45, 7) is 12.4. The highest BCUT2D eigenvalue weighted by atomic mass is 79.9. The summed E-state index contributed by atoms with van der Waals surface area (Å²) in [4.78, 5) is 12.4. The van der Waals surface area contributed by atoms with E-state index in [1.807, 2.05) is 0 Å². The van der Waals surface area contributed by atoms with Crippen molar-refractivity contribution in [2.75, 3.05) is 0 Å². The molecule has 0 aliphatic rings. The van der Waals surface area contributed by atoms with Crippen LogP contribution in [-0.4, -0.2) is 20.9 Å². The van der Waals surface area contributed by atoms with Crippen molar-refractivity contribution in [2.45, 2.75) is 70.8 Å². The van der Waals surface area contributed by atoms with Gasteiger partial charge in [-0.3, -0.25) is 4.79 Å². The van der Waals surface area contributed by atoms with Crippen LogP contribution >= 0.6 is 15.9 Å². The summed E-state index contributed by atoms with van der Waals surface area (Å²) in [6.07, 6.45) is -0.153. The first kappa shape index (κ1) is 22.4. The van der Waals surface area contributed by atoms with E-state index in [1.54, 1.807) is 60.6 Å². The van der Waals surface area contributed by atoms with Crippen LogP contribution in [0.1, 0.15) is 60.5 Å². The van der Waals surface area contributed by atoms with Crippen molar-refractivity contribution in [1.29, 1.82) is 0 Å². The van der Waals surface area contributed by atoms with E-state index in [2.05, 4.69) is 20.7 Å². The molecule has 1 aromatic carbocycles. The van der Waals surface area contributed by atoms with Crippen molar-refractivity contribution in [1.82, 2.24) is 4.72 Å². The first-order valence-electron chi connectivity index (χ1n) is 8.01. The topological polar surface area (TPSA) is 61.4 Å². The highest BCUT2D eigenvalue weighted by molar-refractivity contribution is 9.10. The average molecular weight is 436 g/mol. The third-order valence-electron chi connectivity index (χ3n) is 3.31. The van der Waals surface area contributed by atoms with Gasteiger partial charge in [-0.15, -0.1) is 4.72 Å². The lowest BCUT2D eigenvalue weighted by atomic mass is 9.89. The molecule has 142 valence electrons.